The first-order valence-corrected chi connectivity index (χ1v) is 10.7. The summed E-state index contributed by atoms with van der Waals surface area (Å²) in [5.41, 5.74) is 0. The number of carbonyl (C=O) groups is 2. The largest absolute Gasteiger partial charge is 0.480 e. The summed E-state index contributed by atoms with van der Waals surface area (Å²) in [5.74, 6) is -1.12. The molecule has 1 unspecified atom stereocenters. The number of carbonyl (C=O) groups excluding carboxylic acids is 1. The predicted molar refractivity (Wildman–Crippen MR) is 113 cm³/mol. The number of hydrogen-bond acceptors (Lipinski definition) is 3. The van der Waals surface area contributed by atoms with E-state index in [9.17, 15) is 9.59 Å². The van der Waals surface area contributed by atoms with Crippen molar-refractivity contribution in [1.29, 1.82) is 0 Å². The van der Waals surface area contributed by atoms with Gasteiger partial charge in [-0.15, -0.1) is 0 Å². The van der Waals surface area contributed by atoms with E-state index >= 15 is 0 Å². The number of rotatable bonds is 17. The zero-order chi connectivity index (χ0) is 19.5. The van der Waals surface area contributed by atoms with Crippen LogP contribution < -0.4 is 5.32 Å². The molecule has 26 heavy (non-hydrogen) atoms. The molecule has 0 bridgehead atoms. The van der Waals surface area contributed by atoms with Gasteiger partial charge in [-0.2, -0.15) is 12.6 Å². The molecule has 5 heteroatoms. The highest BCUT2D eigenvalue weighted by atomic mass is 32.1. The van der Waals surface area contributed by atoms with Gasteiger partial charge in [0.25, 0.3) is 0 Å². The smallest absolute Gasteiger partial charge is 0.327 e. The maximum Gasteiger partial charge on any atom is 0.327 e. The number of nitrogens with one attached hydrogen (secondary N) is 1. The Morgan fingerprint density at radius 2 is 1.50 bits per heavy atom. The summed E-state index contributed by atoms with van der Waals surface area (Å²) < 4.78 is 0. The van der Waals surface area contributed by atoms with Gasteiger partial charge in [0, 0.05) is 12.2 Å². The lowest BCUT2D eigenvalue weighted by atomic mass is 10.1. The molecule has 0 radical (unpaired) electrons. The van der Waals surface area contributed by atoms with Gasteiger partial charge in [-0.3, -0.25) is 4.79 Å². The van der Waals surface area contributed by atoms with E-state index in [1.54, 1.807) is 0 Å². The van der Waals surface area contributed by atoms with Gasteiger partial charge in [-0.05, 0) is 38.5 Å². The van der Waals surface area contributed by atoms with Crippen molar-refractivity contribution in [3.05, 3.63) is 24.3 Å². The lowest BCUT2D eigenvalue weighted by Gasteiger charge is -2.11. The fourth-order valence-corrected chi connectivity index (χ4v) is 2.80. The minimum Gasteiger partial charge on any atom is -0.480 e. The lowest BCUT2D eigenvalue weighted by Crippen LogP contribution is -2.42. The van der Waals surface area contributed by atoms with Crippen LogP contribution in [-0.2, 0) is 9.59 Å². The fraction of sp³-hybridized carbons (Fsp3) is 0.714. The summed E-state index contributed by atoms with van der Waals surface area (Å²) >= 11 is 3.93. The first-order chi connectivity index (χ1) is 12.6. The third-order valence-electron chi connectivity index (χ3n) is 4.17. The monoisotopic (exact) mass is 383 g/mol. The van der Waals surface area contributed by atoms with Crippen molar-refractivity contribution in [3.63, 3.8) is 0 Å². The van der Waals surface area contributed by atoms with Crippen LogP contribution in [0.15, 0.2) is 24.3 Å². The van der Waals surface area contributed by atoms with Crippen LogP contribution in [0.4, 0.5) is 0 Å². The quantitative estimate of drug-likeness (QED) is 0.181. The van der Waals surface area contributed by atoms with Gasteiger partial charge in [-0.25, -0.2) is 4.79 Å². The molecule has 0 fully saturated rings. The summed E-state index contributed by atoms with van der Waals surface area (Å²) in [5, 5.41) is 11.3. The Kier molecular flexibility index (Phi) is 17.7. The van der Waals surface area contributed by atoms with Crippen LogP contribution in [-0.4, -0.2) is 28.8 Å². The van der Waals surface area contributed by atoms with Gasteiger partial charge in [0.15, 0.2) is 0 Å². The number of amides is 1. The number of carboxylic acid groups (broad SMARTS) is 1. The van der Waals surface area contributed by atoms with E-state index in [1.807, 2.05) is 0 Å². The molecule has 0 aromatic heterocycles. The molecule has 0 aliphatic carbocycles. The number of unbranched alkanes of at least 4 members (excludes halogenated alkanes) is 8. The van der Waals surface area contributed by atoms with Crippen molar-refractivity contribution in [1.82, 2.24) is 5.32 Å². The molecule has 0 rings (SSSR count). The topological polar surface area (TPSA) is 66.4 Å². The number of thiol groups is 1. The normalized spacial score (nSPS) is 12.7. The standard InChI is InChI=1S/C21H37NO3S/c1-2-3-4-5-6-7-8-9-10-11-12-13-14-15-16-17-20(23)22-19(18-26)21(24)25/h6-7,9-10,19,26H,2-5,8,11-18H2,1H3,(H,22,23)(H,24,25)/b7-6-,10-9-. The first-order valence-electron chi connectivity index (χ1n) is 10.0. The highest BCUT2D eigenvalue weighted by Gasteiger charge is 2.17. The SMILES string of the molecule is CCCCC/C=C\C/C=C\CCCCCCCC(=O)NC(CS)C(=O)O. The number of carboxylic acids is 1. The average Bonchev–Trinajstić information content (AvgIpc) is 2.62. The van der Waals surface area contributed by atoms with E-state index in [4.69, 9.17) is 5.11 Å². The maximum atomic E-state index is 11.6. The third kappa shape index (κ3) is 16.2. The van der Waals surface area contributed by atoms with E-state index in [2.05, 4.69) is 49.2 Å². The molecule has 0 saturated heterocycles. The number of allylic oxidation sites excluding steroid dienone is 4. The van der Waals surface area contributed by atoms with Crippen molar-refractivity contribution in [3.8, 4) is 0 Å². The van der Waals surface area contributed by atoms with E-state index in [-0.39, 0.29) is 11.7 Å². The van der Waals surface area contributed by atoms with Crippen LogP contribution in [0.1, 0.15) is 84.0 Å². The number of hydrogen-bond donors (Lipinski definition) is 3. The van der Waals surface area contributed by atoms with E-state index < -0.39 is 12.0 Å². The maximum absolute atomic E-state index is 11.6. The molecular weight excluding hydrogens is 346 g/mol. The highest BCUT2D eigenvalue weighted by Crippen LogP contribution is 2.08. The molecule has 2 N–H and O–H groups in total. The predicted octanol–water partition coefficient (Wildman–Crippen LogP) is 5.30. The van der Waals surface area contributed by atoms with Gasteiger partial charge >= 0.3 is 5.97 Å². The van der Waals surface area contributed by atoms with Gasteiger partial charge in [-0.1, -0.05) is 63.3 Å². The van der Waals surface area contributed by atoms with Crippen LogP contribution in [0.5, 0.6) is 0 Å². The molecule has 0 aromatic rings. The molecular formula is C21H37NO3S. The average molecular weight is 384 g/mol. The second-order valence-electron chi connectivity index (χ2n) is 6.62. The molecule has 0 aliphatic heterocycles. The molecule has 1 atom stereocenters. The van der Waals surface area contributed by atoms with Crippen molar-refractivity contribution in [2.24, 2.45) is 0 Å². The molecule has 0 heterocycles. The zero-order valence-corrected chi connectivity index (χ0v) is 17.2. The second kappa shape index (κ2) is 18.6. The Morgan fingerprint density at radius 1 is 0.923 bits per heavy atom. The van der Waals surface area contributed by atoms with Crippen molar-refractivity contribution in [2.45, 2.75) is 90.0 Å². The molecule has 0 spiro atoms. The molecule has 1 amide bonds. The molecule has 150 valence electrons. The van der Waals surface area contributed by atoms with Gasteiger partial charge in [0.1, 0.15) is 6.04 Å². The van der Waals surface area contributed by atoms with Gasteiger partial charge in [0.2, 0.25) is 5.91 Å². The number of aliphatic carboxylic acids is 1. The van der Waals surface area contributed by atoms with E-state index in [0.717, 1.165) is 32.1 Å². The third-order valence-corrected chi connectivity index (χ3v) is 4.54. The Labute approximate surface area is 164 Å². The van der Waals surface area contributed by atoms with Crippen LogP contribution >= 0.6 is 12.6 Å². The van der Waals surface area contributed by atoms with Gasteiger partial charge < -0.3 is 10.4 Å². The van der Waals surface area contributed by atoms with Crippen LogP contribution in [0.3, 0.4) is 0 Å². The molecule has 0 saturated carbocycles. The van der Waals surface area contributed by atoms with Crippen LogP contribution in [0.2, 0.25) is 0 Å². The summed E-state index contributed by atoms with van der Waals surface area (Å²) in [6.07, 6.45) is 22.0. The molecule has 0 aromatic carbocycles. The van der Waals surface area contributed by atoms with Crippen molar-refractivity contribution in [2.75, 3.05) is 5.75 Å². The van der Waals surface area contributed by atoms with Crippen molar-refractivity contribution >= 4 is 24.5 Å². The van der Waals surface area contributed by atoms with Gasteiger partial charge in [0.05, 0.1) is 0 Å². The highest BCUT2D eigenvalue weighted by molar-refractivity contribution is 7.80. The summed E-state index contributed by atoms with van der Waals surface area (Å²) in [6, 6.07) is -0.885. The van der Waals surface area contributed by atoms with E-state index in [1.165, 1.54) is 38.5 Å². The van der Waals surface area contributed by atoms with E-state index in [0.29, 0.717) is 6.42 Å². The minimum atomic E-state index is -1.03. The zero-order valence-electron chi connectivity index (χ0n) is 16.3. The summed E-state index contributed by atoms with van der Waals surface area (Å²) in [7, 11) is 0. The van der Waals surface area contributed by atoms with Crippen LogP contribution in [0, 0.1) is 0 Å². The Bertz CT molecular complexity index is 421. The molecule has 4 nitrogen and oxygen atoms in total. The lowest BCUT2D eigenvalue weighted by molar-refractivity contribution is -0.141. The molecule has 0 aliphatic rings. The second-order valence-corrected chi connectivity index (χ2v) is 6.99. The summed E-state index contributed by atoms with van der Waals surface area (Å²) in [4.78, 5) is 22.4. The minimum absolute atomic E-state index is 0.114. The first kappa shape index (κ1) is 24.8. The Hall–Kier alpha value is -1.23. The summed E-state index contributed by atoms with van der Waals surface area (Å²) in [6.45, 7) is 2.23. The van der Waals surface area contributed by atoms with Crippen molar-refractivity contribution < 1.29 is 14.7 Å². The Balaban J connectivity index is 3.44. The Morgan fingerprint density at radius 3 is 2.08 bits per heavy atom. The fourth-order valence-electron chi connectivity index (χ4n) is 2.55. The van der Waals surface area contributed by atoms with Crippen LogP contribution in [0.25, 0.3) is 0 Å².